The summed E-state index contributed by atoms with van der Waals surface area (Å²) >= 11 is 3.40. The summed E-state index contributed by atoms with van der Waals surface area (Å²) in [5.41, 5.74) is -0.102. The number of halogens is 1. The standard InChI is InChI=1S/C12H18BrNO3/c1-12(16,8-15)7-14-6-9-5-10(13)3-4-11(9)17-2/h3-5,14-16H,6-8H2,1-2H3. The van der Waals surface area contributed by atoms with Gasteiger partial charge < -0.3 is 20.3 Å². The minimum Gasteiger partial charge on any atom is -0.496 e. The van der Waals surface area contributed by atoms with E-state index in [0.29, 0.717) is 13.1 Å². The smallest absolute Gasteiger partial charge is 0.123 e. The fraction of sp³-hybridized carbons (Fsp3) is 0.500. The van der Waals surface area contributed by atoms with E-state index in [9.17, 15) is 5.11 Å². The van der Waals surface area contributed by atoms with E-state index < -0.39 is 5.60 Å². The number of hydrogen-bond donors (Lipinski definition) is 3. The normalized spacial score (nSPS) is 14.4. The molecule has 0 amide bonds. The molecule has 1 atom stereocenters. The molecule has 0 spiro atoms. The Bertz CT molecular complexity index is 369. The fourth-order valence-corrected chi connectivity index (χ4v) is 1.82. The quantitative estimate of drug-likeness (QED) is 0.741. The highest BCUT2D eigenvalue weighted by atomic mass is 79.9. The highest BCUT2D eigenvalue weighted by molar-refractivity contribution is 9.10. The van der Waals surface area contributed by atoms with E-state index in [4.69, 9.17) is 9.84 Å². The largest absolute Gasteiger partial charge is 0.496 e. The van der Waals surface area contributed by atoms with E-state index in [2.05, 4.69) is 21.2 Å². The molecule has 4 nitrogen and oxygen atoms in total. The lowest BCUT2D eigenvalue weighted by atomic mass is 10.1. The Balaban J connectivity index is 2.59. The van der Waals surface area contributed by atoms with Gasteiger partial charge in [-0.1, -0.05) is 15.9 Å². The van der Waals surface area contributed by atoms with Crippen molar-refractivity contribution in [3.63, 3.8) is 0 Å². The second-order valence-electron chi connectivity index (χ2n) is 4.21. The van der Waals surface area contributed by atoms with Crippen LogP contribution in [0.5, 0.6) is 5.75 Å². The van der Waals surface area contributed by atoms with E-state index in [1.54, 1.807) is 14.0 Å². The Hall–Kier alpha value is -0.620. The molecule has 0 bridgehead atoms. The molecule has 96 valence electrons. The monoisotopic (exact) mass is 303 g/mol. The van der Waals surface area contributed by atoms with E-state index in [0.717, 1.165) is 15.8 Å². The van der Waals surface area contributed by atoms with E-state index in [1.165, 1.54) is 0 Å². The van der Waals surface area contributed by atoms with Crippen LogP contribution in [-0.4, -0.2) is 36.1 Å². The van der Waals surface area contributed by atoms with Gasteiger partial charge in [-0.05, 0) is 25.1 Å². The third-order valence-electron chi connectivity index (χ3n) is 2.40. The number of aliphatic hydroxyl groups excluding tert-OH is 1. The number of benzene rings is 1. The number of ether oxygens (including phenoxy) is 1. The van der Waals surface area contributed by atoms with Crippen LogP contribution in [0.15, 0.2) is 22.7 Å². The summed E-state index contributed by atoms with van der Waals surface area (Å²) < 4.78 is 6.21. The number of aliphatic hydroxyl groups is 2. The third kappa shape index (κ3) is 4.63. The number of hydrogen-bond acceptors (Lipinski definition) is 4. The van der Waals surface area contributed by atoms with Crippen LogP contribution in [0.1, 0.15) is 12.5 Å². The first-order valence-electron chi connectivity index (χ1n) is 5.35. The Morgan fingerprint density at radius 2 is 2.18 bits per heavy atom. The topological polar surface area (TPSA) is 61.7 Å². The first-order chi connectivity index (χ1) is 7.98. The minimum atomic E-state index is -1.10. The van der Waals surface area contributed by atoms with Crippen molar-refractivity contribution in [2.75, 3.05) is 20.3 Å². The van der Waals surface area contributed by atoms with Gasteiger partial charge in [-0.25, -0.2) is 0 Å². The molecule has 0 aliphatic rings. The summed E-state index contributed by atoms with van der Waals surface area (Å²) in [4.78, 5) is 0. The Morgan fingerprint density at radius 3 is 2.76 bits per heavy atom. The van der Waals surface area contributed by atoms with Crippen LogP contribution >= 0.6 is 15.9 Å². The Labute approximate surface area is 110 Å². The molecule has 0 fully saturated rings. The molecule has 0 heterocycles. The van der Waals surface area contributed by atoms with Crippen LogP contribution in [0.4, 0.5) is 0 Å². The second kappa shape index (κ2) is 6.35. The van der Waals surface area contributed by atoms with Crippen LogP contribution in [-0.2, 0) is 6.54 Å². The molecule has 17 heavy (non-hydrogen) atoms. The first-order valence-corrected chi connectivity index (χ1v) is 6.14. The van der Waals surface area contributed by atoms with Crippen molar-refractivity contribution in [2.24, 2.45) is 0 Å². The molecule has 1 aromatic rings. The van der Waals surface area contributed by atoms with Crippen molar-refractivity contribution < 1.29 is 14.9 Å². The highest BCUT2D eigenvalue weighted by Gasteiger charge is 2.18. The molecule has 0 radical (unpaired) electrons. The maximum Gasteiger partial charge on any atom is 0.123 e. The predicted molar refractivity (Wildman–Crippen MR) is 70.1 cm³/mol. The zero-order valence-electron chi connectivity index (χ0n) is 10.0. The van der Waals surface area contributed by atoms with E-state index in [1.807, 2.05) is 18.2 Å². The summed E-state index contributed by atoms with van der Waals surface area (Å²) in [5.74, 6) is 0.796. The highest BCUT2D eigenvalue weighted by Crippen LogP contribution is 2.22. The summed E-state index contributed by atoms with van der Waals surface area (Å²) in [6.45, 7) is 2.20. The average molecular weight is 304 g/mol. The van der Waals surface area contributed by atoms with Gasteiger partial charge in [0.25, 0.3) is 0 Å². The minimum absolute atomic E-state index is 0.268. The summed E-state index contributed by atoms with van der Waals surface area (Å²) in [7, 11) is 1.62. The van der Waals surface area contributed by atoms with Crippen LogP contribution in [0.25, 0.3) is 0 Å². The Kier molecular flexibility index (Phi) is 5.39. The zero-order valence-corrected chi connectivity index (χ0v) is 11.6. The van der Waals surface area contributed by atoms with Gasteiger partial charge in [0.15, 0.2) is 0 Å². The lowest BCUT2D eigenvalue weighted by Crippen LogP contribution is -2.40. The summed E-state index contributed by atoms with van der Waals surface area (Å²) in [5, 5.41) is 21.6. The summed E-state index contributed by atoms with van der Waals surface area (Å²) in [6.07, 6.45) is 0. The van der Waals surface area contributed by atoms with Crippen molar-refractivity contribution in [1.29, 1.82) is 0 Å². The van der Waals surface area contributed by atoms with Gasteiger partial charge in [-0.3, -0.25) is 0 Å². The molecule has 1 aromatic carbocycles. The zero-order chi connectivity index (χ0) is 12.9. The summed E-state index contributed by atoms with van der Waals surface area (Å²) in [6, 6.07) is 5.75. The van der Waals surface area contributed by atoms with Crippen molar-refractivity contribution >= 4 is 15.9 Å². The lowest BCUT2D eigenvalue weighted by Gasteiger charge is -2.21. The van der Waals surface area contributed by atoms with Crippen molar-refractivity contribution in [3.05, 3.63) is 28.2 Å². The molecule has 0 aromatic heterocycles. The number of rotatable bonds is 6. The van der Waals surface area contributed by atoms with Crippen LogP contribution in [0.3, 0.4) is 0 Å². The lowest BCUT2D eigenvalue weighted by molar-refractivity contribution is 0.00251. The van der Waals surface area contributed by atoms with Gasteiger partial charge in [0.2, 0.25) is 0 Å². The van der Waals surface area contributed by atoms with Gasteiger partial charge in [-0.2, -0.15) is 0 Å². The number of nitrogens with one attached hydrogen (secondary N) is 1. The Morgan fingerprint density at radius 1 is 1.47 bits per heavy atom. The molecule has 1 rings (SSSR count). The van der Waals surface area contributed by atoms with Crippen LogP contribution in [0, 0.1) is 0 Å². The molecular weight excluding hydrogens is 286 g/mol. The third-order valence-corrected chi connectivity index (χ3v) is 2.90. The molecule has 0 saturated heterocycles. The van der Waals surface area contributed by atoms with Crippen molar-refractivity contribution in [1.82, 2.24) is 5.32 Å². The maximum atomic E-state index is 9.63. The maximum absolute atomic E-state index is 9.63. The molecular formula is C12H18BrNO3. The fourth-order valence-electron chi connectivity index (χ4n) is 1.41. The van der Waals surface area contributed by atoms with Gasteiger partial charge in [-0.15, -0.1) is 0 Å². The van der Waals surface area contributed by atoms with E-state index in [-0.39, 0.29) is 6.61 Å². The predicted octanol–water partition coefficient (Wildman–Crippen LogP) is 1.29. The molecule has 1 unspecified atom stereocenters. The molecule has 0 saturated carbocycles. The van der Waals surface area contributed by atoms with Crippen molar-refractivity contribution in [3.8, 4) is 5.75 Å². The van der Waals surface area contributed by atoms with Crippen molar-refractivity contribution in [2.45, 2.75) is 19.1 Å². The van der Waals surface area contributed by atoms with Gasteiger partial charge in [0, 0.05) is 23.1 Å². The van der Waals surface area contributed by atoms with Gasteiger partial charge in [0.1, 0.15) is 5.75 Å². The van der Waals surface area contributed by atoms with Crippen LogP contribution < -0.4 is 10.1 Å². The van der Waals surface area contributed by atoms with E-state index >= 15 is 0 Å². The first kappa shape index (κ1) is 14.4. The molecule has 0 aliphatic carbocycles. The molecule has 0 aliphatic heterocycles. The SMILES string of the molecule is COc1ccc(Br)cc1CNCC(C)(O)CO. The second-order valence-corrected chi connectivity index (χ2v) is 5.13. The van der Waals surface area contributed by atoms with Crippen LogP contribution in [0.2, 0.25) is 0 Å². The average Bonchev–Trinajstić information content (AvgIpc) is 2.29. The molecule has 3 N–H and O–H groups in total. The van der Waals surface area contributed by atoms with Gasteiger partial charge >= 0.3 is 0 Å². The molecule has 5 heteroatoms. The van der Waals surface area contributed by atoms with Gasteiger partial charge in [0.05, 0.1) is 19.3 Å². The number of methoxy groups -OCH3 is 1.